The topological polar surface area (TPSA) is 122 Å². The first-order valence-corrected chi connectivity index (χ1v) is 9.78. The molecule has 0 spiro atoms. The van der Waals surface area contributed by atoms with Crippen LogP contribution in [0.3, 0.4) is 0 Å². The number of non-ortho nitro benzene ring substituents is 1. The van der Waals surface area contributed by atoms with Gasteiger partial charge in [0.1, 0.15) is 18.5 Å². The normalized spacial score (nSPS) is 12.0. The third-order valence-corrected chi connectivity index (χ3v) is 4.57. The van der Waals surface area contributed by atoms with Gasteiger partial charge in [0.15, 0.2) is 5.96 Å². The van der Waals surface area contributed by atoms with Crippen LogP contribution in [0.4, 0.5) is 5.69 Å². The molecule has 0 amide bonds. The van der Waals surface area contributed by atoms with Crippen LogP contribution in [0.25, 0.3) is 0 Å². The number of nitro groups is 1. The van der Waals surface area contributed by atoms with E-state index < -0.39 is 11.0 Å². The minimum Gasteiger partial charge on any atom is -0.491 e. The lowest BCUT2D eigenvalue weighted by atomic mass is 10.3. The van der Waals surface area contributed by atoms with Gasteiger partial charge in [-0.2, -0.15) is 0 Å². The maximum absolute atomic E-state index is 10.6. The van der Waals surface area contributed by atoms with Gasteiger partial charge in [-0.25, -0.2) is 4.98 Å². The number of halogens is 1. The van der Waals surface area contributed by atoms with Gasteiger partial charge in [0.2, 0.25) is 0 Å². The number of aliphatic hydroxyl groups is 1. The number of aryl methyl sites for hydroxylation is 1. The van der Waals surface area contributed by atoms with Crippen molar-refractivity contribution in [1.29, 1.82) is 0 Å². The molecule has 2 rings (SSSR count). The van der Waals surface area contributed by atoms with Gasteiger partial charge >= 0.3 is 0 Å². The quantitative estimate of drug-likeness (QED) is 0.141. The van der Waals surface area contributed by atoms with Crippen LogP contribution < -0.4 is 15.4 Å². The van der Waals surface area contributed by atoms with Gasteiger partial charge in [0.05, 0.1) is 16.5 Å². The van der Waals surface area contributed by atoms with Gasteiger partial charge < -0.3 is 20.5 Å². The number of aliphatic hydroxyl groups excluding tert-OH is 1. The molecule has 11 heteroatoms. The van der Waals surface area contributed by atoms with E-state index in [1.54, 1.807) is 11.3 Å². The lowest BCUT2D eigenvalue weighted by Crippen LogP contribution is -2.39. The average Bonchev–Trinajstić information content (AvgIpc) is 3.09. The summed E-state index contributed by atoms with van der Waals surface area (Å²) in [6, 6.07) is 5.72. The Balaban J connectivity index is 0.00000420. The Morgan fingerprint density at radius 2 is 2.10 bits per heavy atom. The number of rotatable bonds is 10. The number of nitro benzene ring substituents is 1. The Labute approximate surface area is 190 Å². The molecule has 0 fully saturated rings. The molecule has 0 saturated carbocycles. The number of nitrogens with zero attached hydrogens (tertiary/aromatic N) is 3. The lowest BCUT2D eigenvalue weighted by Gasteiger charge is -2.13. The zero-order chi connectivity index (χ0) is 20.4. The van der Waals surface area contributed by atoms with Crippen molar-refractivity contribution >= 4 is 47.0 Å². The zero-order valence-corrected chi connectivity index (χ0v) is 19.5. The van der Waals surface area contributed by atoms with Crippen molar-refractivity contribution in [2.75, 3.05) is 26.2 Å². The van der Waals surface area contributed by atoms with Gasteiger partial charge in [-0.3, -0.25) is 15.1 Å². The second kappa shape index (κ2) is 13.3. The predicted octanol–water partition coefficient (Wildman–Crippen LogP) is 2.52. The SMILES string of the molecule is CCNC(=NCC(O)COc1ccc([N+](=O)[O-])cc1)NCCc1ncc(C)s1.I. The van der Waals surface area contributed by atoms with Crippen molar-refractivity contribution in [3.63, 3.8) is 0 Å². The second-order valence-electron chi connectivity index (χ2n) is 5.98. The third-order valence-electron chi connectivity index (χ3n) is 3.59. The predicted molar refractivity (Wildman–Crippen MR) is 125 cm³/mol. The molecule has 0 saturated heterocycles. The van der Waals surface area contributed by atoms with E-state index in [1.165, 1.54) is 29.1 Å². The van der Waals surface area contributed by atoms with E-state index in [1.807, 2.05) is 20.0 Å². The largest absolute Gasteiger partial charge is 0.491 e. The van der Waals surface area contributed by atoms with Crippen molar-refractivity contribution < 1.29 is 14.8 Å². The molecular formula is C18H26IN5O4S. The first-order valence-electron chi connectivity index (χ1n) is 8.96. The monoisotopic (exact) mass is 535 g/mol. The maximum Gasteiger partial charge on any atom is 0.269 e. The molecule has 0 aliphatic heterocycles. The Kier molecular flexibility index (Phi) is 11.5. The van der Waals surface area contributed by atoms with Gasteiger partial charge in [-0.15, -0.1) is 35.3 Å². The highest BCUT2D eigenvalue weighted by molar-refractivity contribution is 14.0. The molecule has 0 bridgehead atoms. The summed E-state index contributed by atoms with van der Waals surface area (Å²) >= 11 is 1.67. The summed E-state index contributed by atoms with van der Waals surface area (Å²) in [6.45, 7) is 5.60. The van der Waals surface area contributed by atoms with E-state index in [4.69, 9.17) is 4.74 Å². The van der Waals surface area contributed by atoms with E-state index in [-0.39, 0.29) is 42.8 Å². The molecule has 0 aliphatic carbocycles. The number of ether oxygens (including phenoxy) is 1. The molecule has 1 aromatic carbocycles. The van der Waals surface area contributed by atoms with Crippen LogP contribution in [0.2, 0.25) is 0 Å². The van der Waals surface area contributed by atoms with Crippen molar-refractivity contribution in [2.24, 2.45) is 4.99 Å². The summed E-state index contributed by atoms with van der Waals surface area (Å²) in [7, 11) is 0. The van der Waals surface area contributed by atoms with Crippen molar-refractivity contribution in [3.05, 3.63) is 50.5 Å². The first kappa shape index (κ1) is 25.0. The zero-order valence-electron chi connectivity index (χ0n) is 16.3. The maximum atomic E-state index is 10.6. The highest BCUT2D eigenvalue weighted by atomic mass is 127. The molecule has 9 nitrogen and oxygen atoms in total. The van der Waals surface area contributed by atoms with Gasteiger partial charge in [0.25, 0.3) is 5.69 Å². The van der Waals surface area contributed by atoms with E-state index in [0.717, 1.165) is 11.4 Å². The van der Waals surface area contributed by atoms with Crippen LogP contribution in [0, 0.1) is 17.0 Å². The van der Waals surface area contributed by atoms with Crippen molar-refractivity contribution in [1.82, 2.24) is 15.6 Å². The van der Waals surface area contributed by atoms with Crippen LogP contribution >= 0.6 is 35.3 Å². The average molecular weight is 535 g/mol. The van der Waals surface area contributed by atoms with E-state index >= 15 is 0 Å². The molecule has 160 valence electrons. The molecular weight excluding hydrogens is 509 g/mol. The van der Waals surface area contributed by atoms with Crippen LogP contribution in [-0.4, -0.2) is 53.3 Å². The van der Waals surface area contributed by atoms with E-state index in [2.05, 4.69) is 20.6 Å². The number of hydrogen-bond donors (Lipinski definition) is 3. The molecule has 1 heterocycles. The van der Waals surface area contributed by atoms with E-state index in [0.29, 0.717) is 24.8 Å². The Hall–Kier alpha value is -1.99. The molecule has 0 aliphatic rings. The molecule has 1 unspecified atom stereocenters. The Bertz CT molecular complexity index is 785. The van der Waals surface area contributed by atoms with Crippen molar-refractivity contribution in [2.45, 2.75) is 26.4 Å². The minimum atomic E-state index is -0.799. The summed E-state index contributed by atoms with van der Waals surface area (Å²) in [4.78, 5) is 20.0. The standard InChI is InChI=1S/C18H25N5O4S.HI/c1-3-19-18(20-9-8-17-21-10-13(2)28-17)22-11-15(24)12-27-16-6-4-14(5-7-16)23(25)26;/h4-7,10,15,24H,3,8-9,11-12H2,1-2H3,(H2,19,20,22);1H. The summed E-state index contributed by atoms with van der Waals surface area (Å²) < 4.78 is 5.45. The second-order valence-corrected chi connectivity index (χ2v) is 7.30. The number of hydrogen-bond acceptors (Lipinski definition) is 7. The Morgan fingerprint density at radius 3 is 2.69 bits per heavy atom. The van der Waals surface area contributed by atoms with Crippen LogP contribution in [-0.2, 0) is 6.42 Å². The number of aromatic nitrogens is 1. The molecule has 29 heavy (non-hydrogen) atoms. The number of benzene rings is 1. The highest BCUT2D eigenvalue weighted by Gasteiger charge is 2.08. The number of nitrogens with one attached hydrogen (secondary N) is 2. The van der Waals surface area contributed by atoms with Gasteiger partial charge in [0, 0.05) is 42.7 Å². The van der Waals surface area contributed by atoms with Crippen LogP contribution in [0.5, 0.6) is 5.75 Å². The van der Waals surface area contributed by atoms with Crippen LogP contribution in [0.15, 0.2) is 35.5 Å². The van der Waals surface area contributed by atoms with Crippen molar-refractivity contribution in [3.8, 4) is 5.75 Å². The Morgan fingerprint density at radius 1 is 1.38 bits per heavy atom. The summed E-state index contributed by atoms with van der Waals surface area (Å²) in [5.41, 5.74) is -0.00763. The van der Waals surface area contributed by atoms with Crippen LogP contribution in [0.1, 0.15) is 16.8 Å². The summed E-state index contributed by atoms with van der Waals surface area (Å²) in [6.07, 6.45) is 1.86. The summed E-state index contributed by atoms with van der Waals surface area (Å²) in [5.74, 6) is 1.07. The fraction of sp³-hybridized carbons (Fsp3) is 0.444. The number of aliphatic imine (C=N–C) groups is 1. The highest BCUT2D eigenvalue weighted by Crippen LogP contribution is 2.17. The summed E-state index contributed by atoms with van der Waals surface area (Å²) in [5, 5.41) is 28.1. The minimum absolute atomic E-state index is 0. The molecule has 2 aromatic rings. The fourth-order valence-electron chi connectivity index (χ4n) is 2.25. The molecule has 1 aromatic heterocycles. The number of guanidine groups is 1. The van der Waals surface area contributed by atoms with Gasteiger partial charge in [-0.1, -0.05) is 0 Å². The molecule has 0 radical (unpaired) electrons. The van der Waals surface area contributed by atoms with Gasteiger partial charge in [-0.05, 0) is 26.0 Å². The number of thiazole rings is 1. The third kappa shape index (κ3) is 9.37. The smallest absolute Gasteiger partial charge is 0.269 e. The lowest BCUT2D eigenvalue weighted by molar-refractivity contribution is -0.384. The fourth-order valence-corrected chi connectivity index (χ4v) is 3.04. The molecule has 1 atom stereocenters. The molecule has 3 N–H and O–H groups in total. The van der Waals surface area contributed by atoms with E-state index in [9.17, 15) is 15.2 Å². The first-order chi connectivity index (χ1) is 13.5.